The smallest absolute Gasteiger partial charge is 0.257 e. The van der Waals surface area contributed by atoms with Crippen molar-refractivity contribution in [2.24, 2.45) is 0 Å². The summed E-state index contributed by atoms with van der Waals surface area (Å²) >= 11 is 0. The Morgan fingerprint density at radius 2 is 1.43 bits per heavy atom. The minimum atomic E-state index is -3.91. The Labute approximate surface area is 169 Å². The summed E-state index contributed by atoms with van der Waals surface area (Å²) in [4.78, 5) is 24.7. The molecule has 0 aromatic heterocycles. The molecule has 160 valence electrons. The van der Waals surface area contributed by atoms with E-state index in [-0.39, 0.29) is 42.9 Å². The molecule has 0 unspecified atom stereocenters. The highest BCUT2D eigenvalue weighted by atomic mass is 32.2. The van der Waals surface area contributed by atoms with Gasteiger partial charge < -0.3 is 4.90 Å². The second-order valence-electron chi connectivity index (χ2n) is 6.62. The number of nitrogens with zero attached hydrogens (tertiary/aromatic N) is 2. The van der Waals surface area contributed by atoms with Crippen LogP contribution in [0.5, 0.6) is 0 Å². The lowest BCUT2D eigenvalue weighted by molar-refractivity contribution is 0.0691. The fourth-order valence-electron chi connectivity index (χ4n) is 3.04. The van der Waals surface area contributed by atoms with Crippen LogP contribution in [0.25, 0.3) is 0 Å². The number of hydrogen-bond donors (Lipinski definition) is 0. The van der Waals surface area contributed by atoms with Crippen LogP contribution in [-0.4, -0.2) is 55.5 Å². The molecule has 1 aliphatic heterocycles. The molecule has 0 radical (unpaired) electrons. The largest absolute Gasteiger partial charge is 0.336 e. The zero-order valence-corrected chi connectivity index (χ0v) is 16.5. The SMILES string of the molecule is CC(=O)c1ccc(S(=O)(=O)N2CCN(C(=O)c3cc(F)c(F)c(F)c3F)CC2)cc1. The van der Waals surface area contributed by atoms with E-state index in [1.165, 1.54) is 31.2 Å². The minimum absolute atomic E-state index is 0.0407. The van der Waals surface area contributed by atoms with Crippen LogP contribution in [0.1, 0.15) is 27.6 Å². The van der Waals surface area contributed by atoms with E-state index in [4.69, 9.17) is 0 Å². The Kier molecular flexibility index (Phi) is 5.95. The Morgan fingerprint density at radius 1 is 0.867 bits per heavy atom. The van der Waals surface area contributed by atoms with Crippen molar-refractivity contribution in [1.29, 1.82) is 0 Å². The summed E-state index contributed by atoms with van der Waals surface area (Å²) in [5.74, 6) is -8.91. The molecule has 0 saturated carbocycles. The molecule has 0 atom stereocenters. The van der Waals surface area contributed by atoms with Crippen molar-refractivity contribution in [3.05, 3.63) is 64.7 Å². The number of amides is 1. The van der Waals surface area contributed by atoms with Crippen molar-refractivity contribution in [3.8, 4) is 0 Å². The Morgan fingerprint density at radius 3 is 1.97 bits per heavy atom. The molecule has 1 amide bonds. The normalized spacial score (nSPS) is 15.3. The highest BCUT2D eigenvalue weighted by Gasteiger charge is 2.32. The van der Waals surface area contributed by atoms with E-state index in [9.17, 15) is 35.6 Å². The lowest BCUT2D eigenvalue weighted by Gasteiger charge is -2.34. The van der Waals surface area contributed by atoms with Gasteiger partial charge in [-0.25, -0.2) is 26.0 Å². The van der Waals surface area contributed by atoms with Gasteiger partial charge in [-0.1, -0.05) is 12.1 Å². The van der Waals surface area contributed by atoms with E-state index in [1.807, 2.05) is 0 Å². The molecule has 0 spiro atoms. The molecular weight excluding hydrogens is 428 g/mol. The number of Topliss-reactive ketones (excluding diaryl/α,β-unsaturated/α-hetero) is 1. The van der Waals surface area contributed by atoms with Crippen LogP contribution in [0.15, 0.2) is 35.2 Å². The van der Waals surface area contributed by atoms with E-state index in [0.29, 0.717) is 5.56 Å². The molecule has 0 bridgehead atoms. The van der Waals surface area contributed by atoms with E-state index in [0.717, 1.165) is 9.21 Å². The van der Waals surface area contributed by atoms with Gasteiger partial charge in [-0.3, -0.25) is 9.59 Å². The summed E-state index contributed by atoms with van der Waals surface area (Å²) in [7, 11) is -3.91. The number of piperazine rings is 1. The number of carbonyl (C=O) groups is 2. The fourth-order valence-corrected chi connectivity index (χ4v) is 4.46. The van der Waals surface area contributed by atoms with Gasteiger partial charge in [0.05, 0.1) is 10.5 Å². The van der Waals surface area contributed by atoms with Crippen LogP contribution in [0.3, 0.4) is 0 Å². The topological polar surface area (TPSA) is 74.8 Å². The van der Waals surface area contributed by atoms with Gasteiger partial charge in [0, 0.05) is 31.7 Å². The van der Waals surface area contributed by atoms with Gasteiger partial charge >= 0.3 is 0 Å². The van der Waals surface area contributed by atoms with Crippen LogP contribution in [0.4, 0.5) is 17.6 Å². The zero-order chi connectivity index (χ0) is 22.2. The third-order valence-corrected chi connectivity index (χ3v) is 6.67. The van der Waals surface area contributed by atoms with Crippen LogP contribution in [0.2, 0.25) is 0 Å². The van der Waals surface area contributed by atoms with Crippen molar-refractivity contribution >= 4 is 21.7 Å². The molecule has 1 fully saturated rings. The number of hydrogen-bond acceptors (Lipinski definition) is 4. The molecule has 0 N–H and O–H groups in total. The average molecular weight is 444 g/mol. The van der Waals surface area contributed by atoms with E-state index >= 15 is 0 Å². The van der Waals surface area contributed by atoms with E-state index in [1.54, 1.807) is 0 Å². The number of sulfonamides is 1. The number of ketones is 1. The summed E-state index contributed by atoms with van der Waals surface area (Å²) in [6.07, 6.45) is 0. The predicted molar refractivity (Wildman–Crippen MR) is 97.4 cm³/mol. The van der Waals surface area contributed by atoms with Gasteiger partial charge in [0.15, 0.2) is 29.1 Å². The summed E-state index contributed by atoms with van der Waals surface area (Å²) in [6, 6.07) is 5.63. The van der Waals surface area contributed by atoms with Gasteiger partial charge in [-0.2, -0.15) is 4.31 Å². The quantitative estimate of drug-likeness (QED) is 0.315. The van der Waals surface area contributed by atoms with Crippen LogP contribution >= 0.6 is 0 Å². The Bertz CT molecular complexity index is 1110. The molecule has 1 saturated heterocycles. The third kappa shape index (κ3) is 3.94. The number of benzene rings is 2. The van der Waals surface area contributed by atoms with Crippen molar-refractivity contribution < 1.29 is 35.6 Å². The second kappa shape index (κ2) is 8.15. The molecule has 6 nitrogen and oxygen atoms in total. The molecule has 0 aliphatic carbocycles. The first-order valence-corrected chi connectivity index (χ1v) is 10.2. The standard InChI is InChI=1S/C19H16F4N2O4S/c1-11(26)12-2-4-13(5-3-12)30(28,29)25-8-6-24(7-9-25)19(27)14-10-15(20)17(22)18(23)16(14)21/h2-5,10H,6-9H2,1H3. The number of halogens is 4. The molecule has 30 heavy (non-hydrogen) atoms. The van der Waals surface area contributed by atoms with Gasteiger partial charge in [0.25, 0.3) is 5.91 Å². The molecule has 11 heteroatoms. The van der Waals surface area contributed by atoms with Crippen LogP contribution in [0, 0.1) is 23.3 Å². The summed E-state index contributed by atoms with van der Waals surface area (Å²) in [5.41, 5.74) is -0.618. The Hall–Kier alpha value is -2.79. The highest BCUT2D eigenvalue weighted by Crippen LogP contribution is 2.22. The summed E-state index contributed by atoms with van der Waals surface area (Å²) < 4.78 is 80.3. The highest BCUT2D eigenvalue weighted by molar-refractivity contribution is 7.89. The summed E-state index contributed by atoms with van der Waals surface area (Å²) in [5, 5.41) is 0. The molecule has 1 heterocycles. The third-order valence-electron chi connectivity index (χ3n) is 4.76. The van der Waals surface area contributed by atoms with Gasteiger partial charge in [-0.05, 0) is 25.1 Å². The summed E-state index contributed by atoms with van der Waals surface area (Å²) in [6.45, 7) is 0.737. The first-order chi connectivity index (χ1) is 14.0. The van der Waals surface area contributed by atoms with Crippen molar-refractivity contribution in [2.45, 2.75) is 11.8 Å². The lowest BCUT2D eigenvalue weighted by Crippen LogP contribution is -2.50. The maximum Gasteiger partial charge on any atom is 0.257 e. The first-order valence-electron chi connectivity index (χ1n) is 8.77. The van der Waals surface area contributed by atoms with Crippen LogP contribution < -0.4 is 0 Å². The van der Waals surface area contributed by atoms with Crippen molar-refractivity contribution in [2.75, 3.05) is 26.2 Å². The van der Waals surface area contributed by atoms with Gasteiger partial charge in [0.2, 0.25) is 10.0 Å². The molecule has 3 rings (SSSR count). The van der Waals surface area contributed by atoms with E-state index < -0.39 is 44.8 Å². The van der Waals surface area contributed by atoms with Crippen LogP contribution in [-0.2, 0) is 10.0 Å². The maximum atomic E-state index is 13.9. The van der Waals surface area contributed by atoms with Gasteiger partial charge in [0.1, 0.15) is 0 Å². The molecule has 2 aromatic rings. The predicted octanol–water partition coefficient (Wildman–Crippen LogP) is 2.59. The second-order valence-corrected chi connectivity index (χ2v) is 8.56. The average Bonchev–Trinajstić information content (AvgIpc) is 2.74. The molecule has 1 aliphatic rings. The lowest BCUT2D eigenvalue weighted by atomic mass is 10.1. The molecule has 2 aromatic carbocycles. The number of rotatable bonds is 4. The zero-order valence-electron chi connectivity index (χ0n) is 15.7. The number of carbonyl (C=O) groups excluding carboxylic acids is 2. The maximum absolute atomic E-state index is 13.9. The molecular formula is C19H16F4N2O4S. The van der Waals surface area contributed by atoms with Crippen molar-refractivity contribution in [3.63, 3.8) is 0 Å². The first kappa shape index (κ1) is 21.9. The van der Waals surface area contributed by atoms with E-state index in [2.05, 4.69) is 0 Å². The fraction of sp³-hybridized carbons (Fsp3) is 0.263. The van der Waals surface area contributed by atoms with Crippen molar-refractivity contribution in [1.82, 2.24) is 9.21 Å². The van der Waals surface area contributed by atoms with Gasteiger partial charge in [-0.15, -0.1) is 0 Å². The monoisotopic (exact) mass is 444 g/mol. The Balaban J connectivity index is 1.74. The minimum Gasteiger partial charge on any atom is -0.336 e.